The minimum atomic E-state index is -1.11. The molecule has 0 radical (unpaired) electrons. The van der Waals surface area contributed by atoms with Crippen LogP contribution in [-0.4, -0.2) is 21.2 Å². The average Bonchev–Trinajstić information content (AvgIpc) is 2.27. The van der Waals surface area contributed by atoms with Crippen LogP contribution in [0.25, 0.3) is 0 Å². The number of carbonyl (C=O) groups excluding carboxylic acids is 1. The van der Waals surface area contributed by atoms with E-state index in [0.717, 1.165) is 5.56 Å². The Kier molecular flexibility index (Phi) is 5.03. The third kappa shape index (κ3) is 4.47. The molecule has 0 bridgehead atoms. The Hall–Kier alpha value is -1.31. The molecule has 2 N–H and O–H groups in total. The van der Waals surface area contributed by atoms with E-state index in [4.69, 9.17) is 9.84 Å². The number of carbonyl (C=O) groups is 2. The molecule has 0 saturated carbocycles. The molecule has 0 aliphatic heterocycles. The first kappa shape index (κ1) is 12.8. The second kappa shape index (κ2) is 6.31. The zero-order valence-electron chi connectivity index (χ0n) is 8.22. The molecule has 1 atom stereocenters. The highest BCUT2D eigenvalue weighted by Gasteiger charge is 2.16. The molecule has 0 aliphatic rings. The van der Waals surface area contributed by atoms with E-state index >= 15 is 0 Å². The van der Waals surface area contributed by atoms with Gasteiger partial charge in [-0.25, -0.2) is 9.59 Å². The Morgan fingerprint density at radius 2 is 2.00 bits per heavy atom. The molecule has 1 aromatic carbocycles. The van der Waals surface area contributed by atoms with Crippen LogP contribution in [0.5, 0.6) is 0 Å². The van der Waals surface area contributed by atoms with Crippen molar-refractivity contribution in [3.63, 3.8) is 0 Å². The SMILES string of the molecule is O=C(NC(I)C(=O)O)OCc1ccccc1. The van der Waals surface area contributed by atoms with Crippen molar-refractivity contribution in [2.45, 2.75) is 10.7 Å². The van der Waals surface area contributed by atoms with Gasteiger partial charge >= 0.3 is 12.1 Å². The van der Waals surface area contributed by atoms with Crippen molar-refractivity contribution in [2.24, 2.45) is 0 Å². The number of nitrogens with one attached hydrogen (secondary N) is 1. The van der Waals surface area contributed by atoms with E-state index in [0.29, 0.717) is 0 Å². The van der Waals surface area contributed by atoms with Crippen molar-refractivity contribution in [2.75, 3.05) is 0 Å². The van der Waals surface area contributed by atoms with E-state index in [-0.39, 0.29) is 6.61 Å². The van der Waals surface area contributed by atoms with Gasteiger partial charge in [-0.2, -0.15) is 0 Å². The molecule has 1 amide bonds. The minimum Gasteiger partial charge on any atom is -0.479 e. The molecular weight excluding hydrogens is 325 g/mol. The number of hydrogen-bond donors (Lipinski definition) is 2. The van der Waals surface area contributed by atoms with Gasteiger partial charge in [0.1, 0.15) is 6.61 Å². The van der Waals surface area contributed by atoms with Crippen molar-refractivity contribution < 1.29 is 19.4 Å². The summed E-state index contributed by atoms with van der Waals surface area (Å²) in [5.41, 5.74) is 0.845. The number of rotatable bonds is 4. The lowest BCUT2D eigenvalue weighted by Crippen LogP contribution is -2.36. The summed E-state index contributed by atoms with van der Waals surface area (Å²) < 4.78 is 3.85. The summed E-state index contributed by atoms with van der Waals surface area (Å²) in [6, 6.07) is 9.14. The predicted molar refractivity (Wildman–Crippen MR) is 65.2 cm³/mol. The van der Waals surface area contributed by atoms with Crippen molar-refractivity contribution in [1.82, 2.24) is 5.32 Å². The number of hydrogen-bond acceptors (Lipinski definition) is 3. The van der Waals surface area contributed by atoms with Crippen LogP contribution in [0.15, 0.2) is 30.3 Å². The van der Waals surface area contributed by atoms with E-state index < -0.39 is 16.1 Å². The van der Waals surface area contributed by atoms with Gasteiger partial charge in [0.2, 0.25) is 0 Å². The normalized spacial score (nSPS) is 11.6. The second-order valence-electron chi connectivity index (χ2n) is 2.91. The van der Waals surface area contributed by atoms with Crippen molar-refractivity contribution in [1.29, 1.82) is 0 Å². The molecule has 6 heteroatoms. The maximum atomic E-state index is 11.1. The highest BCUT2D eigenvalue weighted by molar-refractivity contribution is 14.1. The largest absolute Gasteiger partial charge is 0.479 e. The molecule has 86 valence electrons. The summed E-state index contributed by atoms with van der Waals surface area (Å²) in [6.07, 6.45) is -0.745. The monoisotopic (exact) mass is 335 g/mol. The molecule has 1 rings (SSSR count). The van der Waals surface area contributed by atoms with E-state index in [1.165, 1.54) is 0 Å². The maximum absolute atomic E-state index is 11.1. The molecule has 0 heterocycles. The Labute approximate surface area is 106 Å². The van der Waals surface area contributed by atoms with Crippen LogP contribution in [-0.2, 0) is 16.1 Å². The quantitative estimate of drug-likeness (QED) is 0.499. The lowest BCUT2D eigenvalue weighted by atomic mass is 10.2. The van der Waals surface area contributed by atoms with Gasteiger partial charge in [-0.15, -0.1) is 0 Å². The van der Waals surface area contributed by atoms with Crippen LogP contribution in [0.2, 0.25) is 0 Å². The molecule has 0 aliphatic carbocycles. The van der Waals surface area contributed by atoms with Gasteiger partial charge in [0.15, 0.2) is 4.05 Å². The first-order chi connectivity index (χ1) is 7.59. The van der Waals surface area contributed by atoms with Crippen molar-refractivity contribution in [3.8, 4) is 0 Å². The fourth-order valence-electron chi connectivity index (χ4n) is 0.930. The van der Waals surface area contributed by atoms with E-state index in [1.807, 2.05) is 30.3 Å². The van der Waals surface area contributed by atoms with E-state index in [1.54, 1.807) is 22.6 Å². The Bertz CT molecular complexity index is 368. The number of carboxylic acid groups (broad SMARTS) is 1. The van der Waals surface area contributed by atoms with E-state index in [9.17, 15) is 9.59 Å². The highest BCUT2D eigenvalue weighted by Crippen LogP contribution is 2.02. The number of ether oxygens (including phenoxy) is 1. The standard InChI is InChI=1S/C10H10INO4/c11-8(9(13)14)12-10(15)16-6-7-4-2-1-3-5-7/h1-5,8H,6H2,(H,12,15)(H,13,14). The van der Waals surface area contributed by atoms with Crippen LogP contribution in [0, 0.1) is 0 Å². The third-order valence-electron chi connectivity index (χ3n) is 1.67. The van der Waals surface area contributed by atoms with E-state index in [2.05, 4.69) is 5.32 Å². The Balaban J connectivity index is 2.33. The predicted octanol–water partition coefficient (Wildman–Crippen LogP) is 1.76. The molecule has 1 aromatic rings. The number of amides is 1. The van der Waals surface area contributed by atoms with Gasteiger partial charge in [-0.3, -0.25) is 5.32 Å². The lowest BCUT2D eigenvalue weighted by molar-refractivity contribution is -0.136. The van der Waals surface area contributed by atoms with Crippen LogP contribution in [0.3, 0.4) is 0 Å². The smallest absolute Gasteiger partial charge is 0.408 e. The first-order valence-electron chi connectivity index (χ1n) is 4.43. The number of benzene rings is 1. The van der Waals surface area contributed by atoms with Crippen LogP contribution in [0.4, 0.5) is 4.79 Å². The molecule has 16 heavy (non-hydrogen) atoms. The Morgan fingerprint density at radius 3 is 2.56 bits per heavy atom. The van der Waals surface area contributed by atoms with Gasteiger partial charge < -0.3 is 9.84 Å². The zero-order chi connectivity index (χ0) is 12.0. The number of carboxylic acids is 1. The van der Waals surface area contributed by atoms with Gasteiger partial charge in [0.25, 0.3) is 0 Å². The molecule has 0 spiro atoms. The molecule has 5 nitrogen and oxygen atoms in total. The molecule has 1 unspecified atom stereocenters. The number of halogens is 1. The van der Waals surface area contributed by atoms with Gasteiger partial charge in [0, 0.05) is 0 Å². The number of alkyl carbamates (subject to hydrolysis) is 1. The summed E-state index contributed by atoms with van der Waals surface area (Å²) in [6.45, 7) is 0.121. The summed E-state index contributed by atoms with van der Waals surface area (Å²) in [7, 11) is 0. The lowest BCUT2D eigenvalue weighted by Gasteiger charge is -2.08. The zero-order valence-corrected chi connectivity index (χ0v) is 10.4. The summed E-state index contributed by atoms with van der Waals surface area (Å²) in [5, 5.41) is 10.7. The summed E-state index contributed by atoms with van der Waals surface area (Å²) in [5.74, 6) is -1.11. The van der Waals surface area contributed by atoms with Crippen molar-refractivity contribution in [3.05, 3.63) is 35.9 Å². The van der Waals surface area contributed by atoms with Crippen LogP contribution >= 0.6 is 22.6 Å². The maximum Gasteiger partial charge on any atom is 0.408 e. The molecule has 0 aromatic heterocycles. The van der Waals surface area contributed by atoms with Crippen LogP contribution in [0.1, 0.15) is 5.56 Å². The second-order valence-corrected chi connectivity index (χ2v) is 4.15. The van der Waals surface area contributed by atoms with Crippen LogP contribution < -0.4 is 5.32 Å². The summed E-state index contributed by atoms with van der Waals surface area (Å²) in [4.78, 5) is 21.6. The summed E-state index contributed by atoms with van der Waals surface area (Å²) >= 11 is 1.59. The van der Waals surface area contributed by atoms with Gasteiger partial charge in [-0.1, -0.05) is 30.3 Å². The molecule has 0 fully saturated rings. The highest BCUT2D eigenvalue weighted by atomic mass is 127. The van der Waals surface area contributed by atoms with Gasteiger partial charge in [-0.05, 0) is 28.2 Å². The third-order valence-corrected chi connectivity index (χ3v) is 2.52. The van der Waals surface area contributed by atoms with Gasteiger partial charge in [0.05, 0.1) is 0 Å². The number of aliphatic carboxylic acids is 1. The topological polar surface area (TPSA) is 75.6 Å². The molecule has 0 saturated heterocycles. The van der Waals surface area contributed by atoms with Crippen molar-refractivity contribution >= 4 is 34.7 Å². The fourth-order valence-corrected chi connectivity index (χ4v) is 1.18. The first-order valence-corrected chi connectivity index (χ1v) is 5.68. The Morgan fingerprint density at radius 1 is 1.38 bits per heavy atom. The number of alkyl halides is 1. The average molecular weight is 335 g/mol. The minimum absolute atomic E-state index is 0.121. The molecular formula is C10H10INO4. The fraction of sp³-hybridized carbons (Fsp3) is 0.200.